The molecule has 2 rings (SSSR count). The van der Waals surface area contributed by atoms with E-state index in [4.69, 9.17) is 11.6 Å². The van der Waals surface area contributed by atoms with E-state index in [-0.39, 0.29) is 11.9 Å². The van der Waals surface area contributed by atoms with Gasteiger partial charge in [0, 0.05) is 22.4 Å². The smallest absolute Gasteiger partial charge is 0.255 e. The van der Waals surface area contributed by atoms with Gasteiger partial charge in [0.2, 0.25) is 0 Å². The summed E-state index contributed by atoms with van der Waals surface area (Å²) in [6.07, 6.45) is 4.51. The van der Waals surface area contributed by atoms with Gasteiger partial charge in [0.1, 0.15) is 0 Å². The van der Waals surface area contributed by atoms with Gasteiger partial charge in [-0.1, -0.05) is 46.4 Å². The zero-order chi connectivity index (χ0) is 13.8. The highest BCUT2D eigenvalue weighted by Crippen LogP contribution is 2.29. The van der Waals surface area contributed by atoms with Crippen LogP contribution in [0, 0.1) is 0 Å². The van der Waals surface area contributed by atoms with Crippen molar-refractivity contribution in [1.82, 2.24) is 4.90 Å². The second-order valence-corrected chi connectivity index (χ2v) is 6.64. The second kappa shape index (κ2) is 7.09. The Hall–Kier alpha value is -0.0600. The zero-order valence-electron chi connectivity index (χ0n) is 10.5. The summed E-state index contributed by atoms with van der Waals surface area (Å²) in [7, 11) is 0. The van der Waals surface area contributed by atoms with E-state index in [1.807, 2.05) is 17.0 Å². The number of alkyl halides is 1. The van der Waals surface area contributed by atoms with Crippen molar-refractivity contribution in [2.75, 3.05) is 11.9 Å². The van der Waals surface area contributed by atoms with Crippen molar-refractivity contribution < 1.29 is 4.79 Å². The lowest BCUT2D eigenvalue weighted by atomic mass is 10.1. The van der Waals surface area contributed by atoms with Crippen LogP contribution in [0.2, 0.25) is 5.02 Å². The summed E-state index contributed by atoms with van der Waals surface area (Å²) in [4.78, 5) is 14.7. The topological polar surface area (TPSA) is 20.3 Å². The molecule has 1 fully saturated rings. The SMILES string of the molecule is O=C(c1cccc(Br)c1Cl)N1CCCCCC1CBr. The molecule has 0 N–H and O–H groups in total. The molecule has 2 nitrogen and oxygen atoms in total. The number of hydrogen-bond donors (Lipinski definition) is 0. The molecule has 0 radical (unpaired) electrons. The van der Waals surface area contributed by atoms with Crippen molar-refractivity contribution in [2.24, 2.45) is 0 Å². The fraction of sp³-hybridized carbons (Fsp3) is 0.500. The Morgan fingerprint density at radius 2 is 2.16 bits per heavy atom. The van der Waals surface area contributed by atoms with Crippen LogP contribution in [0.25, 0.3) is 0 Å². The first-order chi connectivity index (χ1) is 9.15. The van der Waals surface area contributed by atoms with Crippen molar-refractivity contribution in [2.45, 2.75) is 31.7 Å². The minimum atomic E-state index is 0.0395. The number of carbonyl (C=O) groups excluding carboxylic acids is 1. The fourth-order valence-electron chi connectivity index (χ4n) is 2.43. The summed E-state index contributed by atoms with van der Waals surface area (Å²) >= 11 is 13.1. The molecule has 0 aliphatic carbocycles. The largest absolute Gasteiger partial charge is 0.335 e. The standard InChI is InChI=1S/C14H16Br2ClNO/c15-9-10-5-2-1-3-8-18(10)14(19)11-6-4-7-12(16)13(11)17/h4,6-7,10H,1-3,5,8-9H2. The van der Waals surface area contributed by atoms with Crippen LogP contribution in [0.4, 0.5) is 0 Å². The first kappa shape index (κ1) is 15.3. The minimum absolute atomic E-state index is 0.0395. The molecule has 19 heavy (non-hydrogen) atoms. The van der Waals surface area contributed by atoms with Crippen LogP contribution in [0.5, 0.6) is 0 Å². The molecular formula is C14H16Br2ClNO. The monoisotopic (exact) mass is 407 g/mol. The summed E-state index contributed by atoms with van der Waals surface area (Å²) in [6, 6.07) is 5.77. The van der Waals surface area contributed by atoms with Crippen molar-refractivity contribution in [3.63, 3.8) is 0 Å². The molecule has 1 saturated heterocycles. The van der Waals surface area contributed by atoms with Crippen LogP contribution in [-0.4, -0.2) is 28.7 Å². The number of nitrogens with zero attached hydrogens (tertiary/aromatic N) is 1. The van der Waals surface area contributed by atoms with Gasteiger partial charge in [0.05, 0.1) is 10.6 Å². The van der Waals surface area contributed by atoms with Crippen molar-refractivity contribution in [1.29, 1.82) is 0 Å². The van der Waals surface area contributed by atoms with E-state index in [2.05, 4.69) is 31.9 Å². The molecule has 1 heterocycles. The lowest BCUT2D eigenvalue weighted by molar-refractivity contribution is 0.0702. The lowest BCUT2D eigenvalue weighted by Crippen LogP contribution is -2.41. The molecular weight excluding hydrogens is 393 g/mol. The van der Waals surface area contributed by atoms with Crippen molar-refractivity contribution in [3.8, 4) is 0 Å². The number of carbonyl (C=O) groups is 1. The van der Waals surface area contributed by atoms with E-state index < -0.39 is 0 Å². The third-order valence-electron chi connectivity index (χ3n) is 3.50. The van der Waals surface area contributed by atoms with Gasteiger partial charge in [-0.25, -0.2) is 0 Å². The first-order valence-electron chi connectivity index (χ1n) is 6.46. The molecule has 1 aromatic rings. The molecule has 0 bridgehead atoms. The van der Waals surface area contributed by atoms with E-state index in [0.29, 0.717) is 10.6 Å². The van der Waals surface area contributed by atoms with Gasteiger partial charge in [-0.3, -0.25) is 4.79 Å². The highest BCUT2D eigenvalue weighted by Gasteiger charge is 2.27. The molecule has 0 spiro atoms. The number of benzene rings is 1. The van der Waals surface area contributed by atoms with Crippen LogP contribution in [0.15, 0.2) is 22.7 Å². The summed E-state index contributed by atoms with van der Waals surface area (Å²) in [5.41, 5.74) is 0.587. The Morgan fingerprint density at radius 3 is 2.89 bits per heavy atom. The third kappa shape index (κ3) is 3.53. The number of likely N-dealkylation sites (tertiary alicyclic amines) is 1. The van der Waals surface area contributed by atoms with Crippen molar-refractivity contribution in [3.05, 3.63) is 33.3 Å². The van der Waals surface area contributed by atoms with E-state index in [9.17, 15) is 4.79 Å². The minimum Gasteiger partial charge on any atom is -0.335 e. The molecule has 0 aromatic heterocycles. The van der Waals surface area contributed by atoms with E-state index in [1.54, 1.807) is 6.07 Å². The van der Waals surface area contributed by atoms with E-state index >= 15 is 0 Å². The highest BCUT2D eigenvalue weighted by molar-refractivity contribution is 9.10. The number of amides is 1. The Kier molecular flexibility index (Phi) is 5.72. The third-order valence-corrected chi connectivity index (χ3v) is 5.54. The van der Waals surface area contributed by atoms with Crippen LogP contribution < -0.4 is 0 Å². The quantitative estimate of drug-likeness (QED) is 0.638. The molecule has 0 saturated carbocycles. The highest BCUT2D eigenvalue weighted by atomic mass is 79.9. The summed E-state index contributed by atoms with van der Waals surface area (Å²) in [5.74, 6) is 0.0395. The number of hydrogen-bond acceptors (Lipinski definition) is 1. The maximum Gasteiger partial charge on any atom is 0.255 e. The molecule has 104 valence electrons. The summed E-state index contributed by atoms with van der Waals surface area (Å²) in [6.45, 7) is 0.817. The van der Waals surface area contributed by atoms with Gasteiger partial charge in [-0.15, -0.1) is 0 Å². The number of rotatable bonds is 2. The van der Waals surface area contributed by atoms with E-state index in [0.717, 1.165) is 29.2 Å². The predicted octanol–water partition coefficient (Wildman–Crippen LogP) is 4.88. The van der Waals surface area contributed by atoms with Gasteiger partial charge in [0.15, 0.2) is 0 Å². The van der Waals surface area contributed by atoms with Gasteiger partial charge in [-0.05, 0) is 40.9 Å². The number of halogens is 3. The average molecular weight is 410 g/mol. The Morgan fingerprint density at radius 1 is 1.37 bits per heavy atom. The molecule has 5 heteroatoms. The molecule has 1 aliphatic rings. The summed E-state index contributed by atoms with van der Waals surface area (Å²) < 4.78 is 0.769. The average Bonchev–Trinajstić information content (AvgIpc) is 2.66. The Bertz CT molecular complexity index is 467. The maximum absolute atomic E-state index is 12.7. The normalized spacial score (nSPS) is 20.2. The first-order valence-corrected chi connectivity index (χ1v) is 8.75. The maximum atomic E-state index is 12.7. The van der Waals surface area contributed by atoms with Crippen LogP contribution in [0.3, 0.4) is 0 Å². The molecule has 1 aromatic carbocycles. The Balaban J connectivity index is 2.28. The zero-order valence-corrected chi connectivity index (χ0v) is 14.5. The molecule has 1 unspecified atom stereocenters. The van der Waals surface area contributed by atoms with Gasteiger partial charge < -0.3 is 4.90 Å². The predicted molar refractivity (Wildman–Crippen MR) is 86.2 cm³/mol. The van der Waals surface area contributed by atoms with Gasteiger partial charge in [-0.2, -0.15) is 0 Å². The Labute approximate surface area is 135 Å². The lowest BCUT2D eigenvalue weighted by Gasteiger charge is -2.29. The van der Waals surface area contributed by atoms with Crippen molar-refractivity contribution >= 4 is 49.4 Å². The molecule has 1 amide bonds. The second-order valence-electron chi connectivity index (χ2n) is 4.76. The van der Waals surface area contributed by atoms with Gasteiger partial charge >= 0.3 is 0 Å². The van der Waals surface area contributed by atoms with Crippen LogP contribution >= 0.6 is 43.5 Å². The van der Waals surface area contributed by atoms with E-state index in [1.165, 1.54) is 12.8 Å². The summed E-state index contributed by atoms with van der Waals surface area (Å²) in [5, 5.41) is 1.33. The van der Waals surface area contributed by atoms with Crippen LogP contribution in [-0.2, 0) is 0 Å². The molecule has 1 aliphatic heterocycles. The molecule has 1 atom stereocenters. The fourth-order valence-corrected chi connectivity index (χ4v) is 3.68. The van der Waals surface area contributed by atoms with Gasteiger partial charge in [0.25, 0.3) is 5.91 Å². The van der Waals surface area contributed by atoms with Crippen LogP contribution in [0.1, 0.15) is 36.0 Å².